The smallest absolute Gasteiger partial charge is 0.0237 e. The van der Waals surface area contributed by atoms with E-state index in [9.17, 15) is 0 Å². The summed E-state index contributed by atoms with van der Waals surface area (Å²) in [5, 5.41) is 3.64. The van der Waals surface area contributed by atoms with E-state index in [0.717, 1.165) is 26.2 Å². The van der Waals surface area contributed by atoms with Crippen molar-refractivity contribution < 1.29 is 0 Å². The highest BCUT2D eigenvalue weighted by atomic mass is 15.1. The van der Waals surface area contributed by atoms with Crippen LogP contribution < -0.4 is 5.32 Å². The number of rotatable bonds is 9. The third-order valence-corrected chi connectivity index (χ3v) is 4.39. The van der Waals surface area contributed by atoms with E-state index in [1.807, 2.05) is 0 Å². The number of hydrogen-bond acceptors (Lipinski definition) is 2. The van der Waals surface area contributed by atoms with Crippen LogP contribution in [-0.4, -0.2) is 24.0 Å². The van der Waals surface area contributed by atoms with Crippen LogP contribution in [0.2, 0.25) is 0 Å². The van der Waals surface area contributed by atoms with Crippen LogP contribution in [0.4, 0.5) is 0 Å². The van der Waals surface area contributed by atoms with E-state index < -0.39 is 0 Å². The molecule has 0 radical (unpaired) electrons. The molecule has 0 amide bonds. The second-order valence-electron chi connectivity index (χ2n) is 6.67. The highest BCUT2D eigenvalue weighted by molar-refractivity contribution is 5.17. The van der Waals surface area contributed by atoms with Gasteiger partial charge in [0.2, 0.25) is 0 Å². The largest absolute Gasteiger partial charge is 0.313 e. The fraction of sp³-hybridized carbons (Fsp3) is 0.429. The van der Waals surface area contributed by atoms with E-state index in [-0.39, 0.29) is 0 Å². The van der Waals surface area contributed by atoms with Gasteiger partial charge in [0.05, 0.1) is 0 Å². The van der Waals surface area contributed by atoms with Gasteiger partial charge in [0.1, 0.15) is 0 Å². The molecule has 0 fully saturated rings. The second-order valence-corrected chi connectivity index (χ2v) is 6.67. The van der Waals surface area contributed by atoms with Crippen molar-refractivity contribution in [2.75, 3.05) is 13.1 Å². The summed E-state index contributed by atoms with van der Waals surface area (Å²) >= 11 is 0. The maximum atomic E-state index is 3.64. The van der Waals surface area contributed by atoms with Gasteiger partial charge in [-0.05, 0) is 24.0 Å². The normalized spacial score (nSPS) is 12.7. The zero-order valence-electron chi connectivity index (χ0n) is 14.7. The summed E-state index contributed by atoms with van der Waals surface area (Å²) in [6.07, 6.45) is 0. The third-order valence-electron chi connectivity index (χ3n) is 4.39. The maximum absolute atomic E-state index is 3.64. The minimum atomic E-state index is 0.560. The SMILES string of the molecule is CC(C)C(C)NCCN(Cc1ccccc1)Cc1ccccc1. The quantitative estimate of drug-likeness (QED) is 0.742. The van der Waals surface area contributed by atoms with E-state index in [4.69, 9.17) is 0 Å². The van der Waals surface area contributed by atoms with E-state index in [0.29, 0.717) is 12.0 Å². The maximum Gasteiger partial charge on any atom is 0.0237 e. The van der Waals surface area contributed by atoms with Gasteiger partial charge < -0.3 is 5.32 Å². The first kappa shape index (κ1) is 17.7. The molecule has 0 aliphatic carbocycles. The van der Waals surface area contributed by atoms with E-state index in [2.05, 4.69) is 91.7 Å². The molecule has 0 saturated carbocycles. The molecule has 0 aliphatic heterocycles. The topological polar surface area (TPSA) is 15.3 Å². The number of benzene rings is 2. The predicted molar refractivity (Wildman–Crippen MR) is 99.3 cm³/mol. The van der Waals surface area contributed by atoms with Gasteiger partial charge >= 0.3 is 0 Å². The molecule has 2 aromatic rings. The first-order valence-electron chi connectivity index (χ1n) is 8.68. The summed E-state index contributed by atoms with van der Waals surface area (Å²) in [6.45, 7) is 10.9. The van der Waals surface area contributed by atoms with Gasteiger partial charge in [-0.3, -0.25) is 4.90 Å². The summed E-state index contributed by atoms with van der Waals surface area (Å²) in [7, 11) is 0. The lowest BCUT2D eigenvalue weighted by atomic mass is 10.1. The van der Waals surface area contributed by atoms with Crippen molar-refractivity contribution in [1.29, 1.82) is 0 Å². The lowest BCUT2D eigenvalue weighted by molar-refractivity contribution is 0.249. The molecule has 2 nitrogen and oxygen atoms in total. The van der Waals surface area contributed by atoms with Crippen LogP contribution in [-0.2, 0) is 13.1 Å². The Balaban J connectivity index is 1.93. The molecule has 0 aromatic heterocycles. The summed E-state index contributed by atoms with van der Waals surface area (Å²) in [6, 6.07) is 22.0. The summed E-state index contributed by atoms with van der Waals surface area (Å²) in [5.41, 5.74) is 2.75. The molecule has 1 unspecified atom stereocenters. The van der Waals surface area contributed by atoms with Gasteiger partial charge in [-0.25, -0.2) is 0 Å². The predicted octanol–water partition coefficient (Wildman–Crippen LogP) is 4.32. The van der Waals surface area contributed by atoms with Crippen molar-refractivity contribution in [3.63, 3.8) is 0 Å². The Morgan fingerprint density at radius 3 is 1.70 bits per heavy atom. The van der Waals surface area contributed by atoms with Crippen molar-refractivity contribution in [3.05, 3.63) is 71.8 Å². The summed E-state index contributed by atoms with van der Waals surface area (Å²) < 4.78 is 0. The van der Waals surface area contributed by atoms with Crippen LogP contribution in [0, 0.1) is 5.92 Å². The molecule has 2 aromatic carbocycles. The Kier molecular flexibility index (Phi) is 7.31. The fourth-order valence-electron chi connectivity index (χ4n) is 2.58. The van der Waals surface area contributed by atoms with Crippen molar-refractivity contribution in [1.82, 2.24) is 10.2 Å². The van der Waals surface area contributed by atoms with Gasteiger partial charge in [-0.1, -0.05) is 74.5 Å². The zero-order chi connectivity index (χ0) is 16.5. The number of nitrogens with one attached hydrogen (secondary N) is 1. The molecule has 0 aliphatic rings. The first-order valence-corrected chi connectivity index (χ1v) is 8.68. The fourth-order valence-corrected chi connectivity index (χ4v) is 2.58. The van der Waals surface area contributed by atoms with E-state index in [1.54, 1.807) is 0 Å². The van der Waals surface area contributed by atoms with Gasteiger partial charge in [-0.2, -0.15) is 0 Å². The van der Waals surface area contributed by atoms with Crippen molar-refractivity contribution in [2.24, 2.45) is 5.92 Å². The molecular weight excluding hydrogens is 280 g/mol. The molecule has 2 rings (SSSR count). The molecule has 1 atom stereocenters. The minimum Gasteiger partial charge on any atom is -0.313 e. The Morgan fingerprint density at radius 1 is 0.783 bits per heavy atom. The second kappa shape index (κ2) is 9.49. The van der Waals surface area contributed by atoms with E-state index >= 15 is 0 Å². The van der Waals surface area contributed by atoms with Crippen molar-refractivity contribution >= 4 is 0 Å². The van der Waals surface area contributed by atoms with Crippen LogP contribution in [0.15, 0.2) is 60.7 Å². The van der Waals surface area contributed by atoms with Crippen LogP contribution in [0.5, 0.6) is 0 Å². The summed E-state index contributed by atoms with van der Waals surface area (Å²) in [4.78, 5) is 2.52. The Bertz CT molecular complexity index is 495. The minimum absolute atomic E-state index is 0.560. The molecular formula is C21H30N2. The molecule has 23 heavy (non-hydrogen) atoms. The van der Waals surface area contributed by atoms with Gasteiger partial charge in [0.15, 0.2) is 0 Å². The van der Waals surface area contributed by atoms with Crippen LogP contribution >= 0.6 is 0 Å². The summed E-state index contributed by atoms with van der Waals surface area (Å²) in [5.74, 6) is 0.673. The monoisotopic (exact) mass is 310 g/mol. The van der Waals surface area contributed by atoms with Crippen molar-refractivity contribution in [2.45, 2.75) is 39.9 Å². The van der Waals surface area contributed by atoms with Gasteiger partial charge in [-0.15, -0.1) is 0 Å². The molecule has 124 valence electrons. The zero-order valence-corrected chi connectivity index (χ0v) is 14.7. The first-order chi connectivity index (χ1) is 11.1. The highest BCUT2D eigenvalue weighted by Crippen LogP contribution is 2.10. The molecule has 0 bridgehead atoms. The Hall–Kier alpha value is -1.64. The highest BCUT2D eigenvalue weighted by Gasteiger charge is 2.09. The van der Waals surface area contributed by atoms with Crippen LogP contribution in [0.1, 0.15) is 31.9 Å². The molecule has 0 spiro atoms. The standard InChI is InChI=1S/C21H30N2/c1-18(2)19(3)22-14-15-23(16-20-10-6-4-7-11-20)17-21-12-8-5-9-13-21/h4-13,18-19,22H,14-17H2,1-3H3. The molecule has 1 N–H and O–H groups in total. The molecule has 0 saturated heterocycles. The number of nitrogens with zero attached hydrogens (tertiary/aromatic N) is 1. The Morgan fingerprint density at radius 2 is 1.26 bits per heavy atom. The third kappa shape index (κ3) is 6.55. The lowest BCUT2D eigenvalue weighted by Gasteiger charge is -2.25. The van der Waals surface area contributed by atoms with Crippen molar-refractivity contribution in [3.8, 4) is 0 Å². The van der Waals surface area contributed by atoms with Crippen LogP contribution in [0.3, 0.4) is 0 Å². The lowest BCUT2D eigenvalue weighted by Crippen LogP contribution is -2.37. The van der Waals surface area contributed by atoms with E-state index in [1.165, 1.54) is 11.1 Å². The Labute approximate surface area is 141 Å². The average Bonchev–Trinajstić information content (AvgIpc) is 2.56. The molecule has 2 heteroatoms. The van der Waals surface area contributed by atoms with Crippen LogP contribution in [0.25, 0.3) is 0 Å². The molecule has 0 heterocycles. The van der Waals surface area contributed by atoms with Gasteiger partial charge in [0.25, 0.3) is 0 Å². The number of hydrogen-bond donors (Lipinski definition) is 1. The average molecular weight is 310 g/mol. The van der Waals surface area contributed by atoms with Gasteiger partial charge in [0, 0.05) is 32.2 Å².